The highest BCUT2D eigenvalue weighted by molar-refractivity contribution is 6.32. The maximum absolute atomic E-state index is 13.9. The third-order valence-corrected chi connectivity index (χ3v) is 5.20. The molecular weight excluding hydrogens is 450 g/mol. The number of ether oxygens (including phenoxy) is 1. The number of phenolic OH excluding ortho intramolecular Hbond substituents is 1. The number of hydrogen-bond donors (Lipinski definition) is 2. The number of benzene rings is 4. The predicted molar refractivity (Wildman–Crippen MR) is 123 cm³/mol. The lowest BCUT2D eigenvalue weighted by molar-refractivity contribution is 0.0955. The summed E-state index contributed by atoms with van der Waals surface area (Å²) in [6.45, 7) is -0.0607. The molecule has 33 heavy (non-hydrogen) atoms. The Kier molecular flexibility index (Phi) is 6.51. The summed E-state index contributed by atoms with van der Waals surface area (Å²) in [5, 5.41) is 15.1. The molecule has 0 aromatic heterocycles. The first-order valence-corrected chi connectivity index (χ1v) is 10.2. The second-order valence-electron chi connectivity index (χ2n) is 7.09. The Labute approximate surface area is 192 Å². The Balaban J connectivity index is 1.52. The number of nitrogens with one attached hydrogen (secondary N) is 1. The van der Waals surface area contributed by atoms with Crippen molar-refractivity contribution < 1.29 is 23.4 Å². The molecule has 0 aliphatic heterocycles. The van der Waals surface area contributed by atoms with Crippen LogP contribution in [0.25, 0.3) is 10.8 Å². The minimum atomic E-state index is -0.672. The predicted octanol–water partition coefficient (Wildman–Crippen LogP) is 5.82. The summed E-state index contributed by atoms with van der Waals surface area (Å²) in [6, 6.07) is 18.3. The smallest absolute Gasteiger partial charge is 0.271 e. The van der Waals surface area contributed by atoms with Crippen LogP contribution < -0.4 is 10.2 Å². The highest BCUT2D eigenvalue weighted by Crippen LogP contribution is 2.29. The van der Waals surface area contributed by atoms with Gasteiger partial charge in [-0.25, -0.2) is 14.2 Å². The van der Waals surface area contributed by atoms with Gasteiger partial charge in [0, 0.05) is 28.1 Å². The van der Waals surface area contributed by atoms with E-state index in [-0.39, 0.29) is 28.5 Å². The first-order chi connectivity index (χ1) is 15.9. The summed E-state index contributed by atoms with van der Waals surface area (Å²) < 4.78 is 32.8. The van der Waals surface area contributed by atoms with Gasteiger partial charge in [0.1, 0.15) is 29.7 Å². The largest absolute Gasteiger partial charge is 0.506 e. The number of carbonyl (C=O) groups is 1. The van der Waals surface area contributed by atoms with Gasteiger partial charge in [-0.05, 0) is 47.9 Å². The van der Waals surface area contributed by atoms with Crippen LogP contribution in [0, 0.1) is 11.6 Å². The minimum absolute atomic E-state index is 0.0607. The third-order valence-electron chi connectivity index (χ3n) is 4.90. The van der Waals surface area contributed by atoms with Crippen LogP contribution in [0.4, 0.5) is 8.78 Å². The number of aromatic hydroxyl groups is 1. The van der Waals surface area contributed by atoms with Crippen molar-refractivity contribution >= 4 is 34.5 Å². The van der Waals surface area contributed by atoms with Crippen molar-refractivity contribution in [3.63, 3.8) is 0 Å². The second-order valence-corrected chi connectivity index (χ2v) is 7.50. The quantitative estimate of drug-likeness (QED) is 0.278. The van der Waals surface area contributed by atoms with E-state index in [0.29, 0.717) is 5.75 Å². The average Bonchev–Trinajstić information content (AvgIpc) is 2.81. The topological polar surface area (TPSA) is 70.9 Å². The number of fused-ring (bicyclic) bond motifs is 1. The monoisotopic (exact) mass is 466 g/mol. The van der Waals surface area contributed by atoms with Gasteiger partial charge in [0.2, 0.25) is 0 Å². The van der Waals surface area contributed by atoms with Crippen LogP contribution in [0.1, 0.15) is 21.5 Å². The normalized spacial score (nSPS) is 11.1. The summed E-state index contributed by atoms with van der Waals surface area (Å²) >= 11 is 5.83. The van der Waals surface area contributed by atoms with E-state index in [0.717, 1.165) is 22.4 Å². The van der Waals surface area contributed by atoms with Crippen LogP contribution in [0.5, 0.6) is 11.5 Å². The molecule has 4 aromatic rings. The zero-order valence-electron chi connectivity index (χ0n) is 17.1. The molecule has 0 saturated heterocycles. The van der Waals surface area contributed by atoms with E-state index in [9.17, 15) is 18.7 Å². The lowest BCUT2D eigenvalue weighted by atomic mass is 10.0. The summed E-state index contributed by atoms with van der Waals surface area (Å²) in [7, 11) is 0. The Morgan fingerprint density at radius 2 is 1.82 bits per heavy atom. The fourth-order valence-corrected chi connectivity index (χ4v) is 3.38. The van der Waals surface area contributed by atoms with E-state index in [1.165, 1.54) is 36.5 Å². The fourth-order valence-electron chi connectivity index (χ4n) is 3.20. The van der Waals surface area contributed by atoms with Gasteiger partial charge >= 0.3 is 0 Å². The Morgan fingerprint density at radius 1 is 1.03 bits per heavy atom. The molecule has 5 nitrogen and oxygen atoms in total. The van der Waals surface area contributed by atoms with Gasteiger partial charge < -0.3 is 9.84 Å². The third kappa shape index (κ3) is 5.10. The number of hydrazone groups is 1. The number of rotatable bonds is 6. The lowest BCUT2D eigenvalue weighted by Crippen LogP contribution is -2.17. The summed E-state index contributed by atoms with van der Waals surface area (Å²) in [5.74, 6) is -1.40. The molecule has 4 rings (SSSR count). The van der Waals surface area contributed by atoms with Gasteiger partial charge in [0.25, 0.3) is 5.91 Å². The molecule has 0 fully saturated rings. The number of phenols is 1. The van der Waals surface area contributed by atoms with Crippen molar-refractivity contribution in [3.8, 4) is 11.5 Å². The highest BCUT2D eigenvalue weighted by Gasteiger charge is 2.10. The molecule has 4 aromatic carbocycles. The van der Waals surface area contributed by atoms with Gasteiger partial charge in [0.05, 0.1) is 11.2 Å². The van der Waals surface area contributed by atoms with Crippen LogP contribution in [-0.2, 0) is 6.61 Å². The van der Waals surface area contributed by atoms with Crippen molar-refractivity contribution in [2.24, 2.45) is 5.10 Å². The number of hydrogen-bond acceptors (Lipinski definition) is 4. The molecule has 1 amide bonds. The van der Waals surface area contributed by atoms with E-state index < -0.39 is 17.5 Å². The zero-order valence-corrected chi connectivity index (χ0v) is 17.8. The zero-order chi connectivity index (χ0) is 23.4. The van der Waals surface area contributed by atoms with Crippen LogP contribution in [0.3, 0.4) is 0 Å². The Hall–Kier alpha value is -3.97. The van der Waals surface area contributed by atoms with Crippen LogP contribution in [-0.4, -0.2) is 17.2 Å². The molecule has 0 radical (unpaired) electrons. The summed E-state index contributed by atoms with van der Waals surface area (Å²) in [6.07, 6.45) is 1.49. The number of carbonyl (C=O) groups excluding carboxylic acids is 1. The molecule has 166 valence electrons. The first kappa shape index (κ1) is 22.2. The minimum Gasteiger partial charge on any atom is -0.506 e. The molecule has 2 N–H and O–H groups in total. The standard InChI is InChI=1S/C25H17ClF2N2O3/c26-21-11-15(6-9-23(21)31)25(32)30-29-13-16-7-10-24(20-4-2-1-3-19(16)20)33-14-17-5-8-18(27)12-22(17)28/h1-13,31H,14H2,(H,30,32). The molecule has 0 atom stereocenters. The van der Waals surface area contributed by atoms with Gasteiger partial charge in [-0.15, -0.1) is 0 Å². The second kappa shape index (κ2) is 9.67. The number of amides is 1. The molecule has 0 aliphatic carbocycles. The SMILES string of the molecule is O=C(NN=Cc1ccc(OCc2ccc(F)cc2F)c2ccccc12)c1ccc(O)c(Cl)c1. The summed E-state index contributed by atoms with van der Waals surface area (Å²) in [4.78, 5) is 12.2. The molecule has 0 unspecified atom stereocenters. The maximum Gasteiger partial charge on any atom is 0.271 e. The van der Waals surface area contributed by atoms with Gasteiger partial charge in [-0.2, -0.15) is 5.10 Å². The van der Waals surface area contributed by atoms with Crippen molar-refractivity contribution in [2.45, 2.75) is 6.61 Å². The molecule has 0 heterocycles. The van der Waals surface area contributed by atoms with Crippen LogP contribution in [0.2, 0.25) is 5.02 Å². The fraction of sp³-hybridized carbons (Fsp3) is 0.0400. The van der Waals surface area contributed by atoms with E-state index in [1.54, 1.807) is 12.1 Å². The van der Waals surface area contributed by atoms with Crippen LogP contribution in [0.15, 0.2) is 77.9 Å². The van der Waals surface area contributed by atoms with Crippen molar-refractivity contribution in [3.05, 3.63) is 106 Å². The summed E-state index contributed by atoms with van der Waals surface area (Å²) in [5.41, 5.74) is 3.62. The first-order valence-electron chi connectivity index (χ1n) is 9.83. The van der Waals surface area contributed by atoms with Gasteiger partial charge in [0.15, 0.2) is 0 Å². The Bertz CT molecular complexity index is 1380. The lowest BCUT2D eigenvalue weighted by Gasteiger charge is -2.12. The molecule has 8 heteroatoms. The maximum atomic E-state index is 13.9. The molecule has 0 bridgehead atoms. The molecule has 0 spiro atoms. The van der Waals surface area contributed by atoms with Gasteiger partial charge in [-0.3, -0.25) is 4.79 Å². The van der Waals surface area contributed by atoms with Crippen molar-refractivity contribution in [2.75, 3.05) is 0 Å². The van der Waals surface area contributed by atoms with E-state index in [1.807, 2.05) is 24.3 Å². The molecule has 0 saturated carbocycles. The van der Waals surface area contributed by atoms with Gasteiger partial charge in [-0.1, -0.05) is 35.9 Å². The highest BCUT2D eigenvalue weighted by atomic mass is 35.5. The van der Waals surface area contributed by atoms with E-state index >= 15 is 0 Å². The van der Waals surface area contributed by atoms with Crippen molar-refractivity contribution in [1.29, 1.82) is 0 Å². The average molecular weight is 467 g/mol. The molecule has 0 aliphatic rings. The van der Waals surface area contributed by atoms with E-state index in [4.69, 9.17) is 16.3 Å². The molecular formula is C25H17ClF2N2O3. The van der Waals surface area contributed by atoms with E-state index in [2.05, 4.69) is 10.5 Å². The number of nitrogens with zero attached hydrogens (tertiary/aromatic N) is 1. The number of halogens is 3. The van der Waals surface area contributed by atoms with Crippen molar-refractivity contribution in [1.82, 2.24) is 5.43 Å². The van der Waals surface area contributed by atoms with Crippen LogP contribution >= 0.6 is 11.6 Å². The Morgan fingerprint density at radius 3 is 2.58 bits per heavy atom.